The van der Waals surface area contributed by atoms with E-state index in [0.29, 0.717) is 12.4 Å². The Hall–Kier alpha value is 0.150. The van der Waals surface area contributed by atoms with Crippen LogP contribution in [0.4, 0.5) is 0 Å². The van der Waals surface area contributed by atoms with Crippen molar-refractivity contribution in [2.45, 2.75) is 37.4 Å². The van der Waals surface area contributed by atoms with Crippen LogP contribution < -0.4 is 4.72 Å². The molecular formula is C10H20ClNO4S2. The maximum atomic E-state index is 11.9. The maximum Gasteiger partial charge on any atom is 0.214 e. The Morgan fingerprint density at radius 2 is 1.72 bits per heavy atom. The maximum absolute atomic E-state index is 11.9. The van der Waals surface area contributed by atoms with Crippen molar-refractivity contribution in [3.63, 3.8) is 0 Å². The summed E-state index contributed by atoms with van der Waals surface area (Å²) in [5.74, 6) is 0.545. The smallest absolute Gasteiger partial charge is 0.214 e. The van der Waals surface area contributed by atoms with E-state index in [1.165, 1.54) is 0 Å². The van der Waals surface area contributed by atoms with Gasteiger partial charge < -0.3 is 0 Å². The third-order valence-electron chi connectivity index (χ3n) is 3.05. The van der Waals surface area contributed by atoms with Gasteiger partial charge in [0.05, 0.1) is 16.8 Å². The molecule has 0 saturated carbocycles. The molecule has 1 aliphatic rings. The summed E-state index contributed by atoms with van der Waals surface area (Å²) in [6.07, 6.45) is 2.95. The molecule has 1 heterocycles. The van der Waals surface area contributed by atoms with Gasteiger partial charge in [0.15, 0.2) is 0 Å². The predicted molar refractivity (Wildman–Crippen MR) is 73.2 cm³/mol. The van der Waals surface area contributed by atoms with Gasteiger partial charge in [0.2, 0.25) is 10.0 Å². The molecule has 0 aromatic heterocycles. The number of hydrogen-bond donors (Lipinski definition) is 1. The highest BCUT2D eigenvalue weighted by atomic mass is 35.5. The lowest BCUT2D eigenvalue weighted by molar-refractivity contribution is 0.540. The van der Waals surface area contributed by atoms with E-state index < -0.39 is 25.1 Å². The largest absolute Gasteiger partial charge is 0.229 e. The number of rotatable bonds is 7. The third kappa shape index (κ3) is 5.42. The average molecular weight is 318 g/mol. The van der Waals surface area contributed by atoms with Gasteiger partial charge in [0.1, 0.15) is 9.84 Å². The zero-order valence-electron chi connectivity index (χ0n) is 10.3. The predicted octanol–water partition coefficient (Wildman–Crippen LogP) is 0.892. The van der Waals surface area contributed by atoms with Crippen LogP contribution >= 0.6 is 11.6 Å². The standard InChI is InChI=1S/C10H20ClNO4S2/c11-6-2-1-3-7-12-18(15,16)10-4-8-17(13,14)9-5-10/h10,12H,1-9H2. The van der Waals surface area contributed by atoms with Crippen molar-refractivity contribution >= 4 is 31.5 Å². The first kappa shape index (κ1) is 16.2. The summed E-state index contributed by atoms with van der Waals surface area (Å²) in [7, 11) is -6.38. The molecule has 1 rings (SSSR count). The molecule has 0 radical (unpaired) electrons. The van der Waals surface area contributed by atoms with Crippen LogP contribution in [0, 0.1) is 0 Å². The van der Waals surface area contributed by atoms with Gasteiger partial charge in [-0.1, -0.05) is 6.42 Å². The molecule has 18 heavy (non-hydrogen) atoms. The molecule has 1 aliphatic heterocycles. The van der Waals surface area contributed by atoms with E-state index in [2.05, 4.69) is 4.72 Å². The van der Waals surface area contributed by atoms with E-state index in [1.807, 2.05) is 0 Å². The van der Waals surface area contributed by atoms with Crippen LogP contribution in [0.25, 0.3) is 0 Å². The van der Waals surface area contributed by atoms with E-state index in [9.17, 15) is 16.8 Å². The van der Waals surface area contributed by atoms with Crippen LogP contribution in [0.2, 0.25) is 0 Å². The van der Waals surface area contributed by atoms with Crippen molar-refractivity contribution in [1.29, 1.82) is 0 Å². The summed E-state index contributed by atoms with van der Waals surface area (Å²) in [5, 5.41) is -0.561. The van der Waals surface area contributed by atoms with Crippen molar-refractivity contribution in [1.82, 2.24) is 4.72 Å². The molecule has 0 atom stereocenters. The van der Waals surface area contributed by atoms with Gasteiger partial charge in [-0.3, -0.25) is 0 Å². The topological polar surface area (TPSA) is 80.3 Å². The van der Waals surface area contributed by atoms with Crippen LogP contribution in [0.3, 0.4) is 0 Å². The van der Waals surface area contributed by atoms with Gasteiger partial charge in [-0.2, -0.15) is 0 Å². The Labute approximate surface area is 114 Å². The quantitative estimate of drug-likeness (QED) is 0.558. The Balaban J connectivity index is 2.36. The van der Waals surface area contributed by atoms with Gasteiger partial charge in [-0.15, -0.1) is 11.6 Å². The lowest BCUT2D eigenvalue weighted by atomic mass is 10.2. The SMILES string of the molecule is O=S1(=O)CCC(S(=O)(=O)NCCCCCCl)CC1. The number of nitrogens with one attached hydrogen (secondary N) is 1. The molecule has 8 heteroatoms. The fraction of sp³-hybridized carbons (Fsp3) is 1.00. The van der Waals surface area contributed by atoms with Crippen LogP contribution in [0.15, 0.2) is 0 Å². The van der Waals surface area contributed by atoms with Crippen LogP contribution in [-0.4, -0.2) is 46.0 Å². The zero-order valence-corrected chi connectivity index (χ0v) is 12.7. The summed E-state index contributed by atoms with van der Waals surface area (Å²) < 4.78 is 48.8. The highest BCUT2D eigenvalue weighted by molar-refractivity contribution is 7.92. The number of sulfone groups is 1. The molecule has 0 amide bonds. The Kier molecular flexibility index (Phi) is 6.37. The fourth-order valence-corrected chi connectivity index (χ4v) is 5.41. The summed E-state index contributed by atoms with van der Waals surface area (Å²) in [6.45, 7) is 0.405. The molecule has 0 unspecified atom stereocenters. The monoisotopic (exact) mass is 317 g/mol. The molecular weight excluding hydrogens is 298 g/mol. The molecule has 0 aliphatic carbocycles. The number of halogens is 1. The molecule has 5 nitrogen and oxygen atoms in total. The van der Waals surface area contributed by atoms with Crippen LogP contribution in [-0.2, 0) is 19.9 Å². The van der Waals surface area contributed by atoms with Crippen molar-refractivity contribution in [3.05, 3.63) is 0 Å². The van der Waals surface area contributed by atoms with E-state index in [1.54, 1.807) is 0 Å². The molecule has 0 aromatic carbocycles. The average Bonchev–Trinajstić information content (AvgIpc) is 2.28. The first-order chi connectivity index (χ1) is 8.37. The summed E-state index contributed by atoms with van der Waals surface area (Å²) in [6, 6.07) is 0. The Bertz CT molecular complexity index is 432. The number of sulfonamides is 1. The summed E-state index contributed by atoms with van der Waals surface area (Å²) in [5.41, 5.74) is 0. The first-order valence-electron chi connectivity index (χ1n) is 6.12. The van der Waals surface area contributed by atoms with Gasteiger partial charge in [-0.25, -0.2) is 21.6 Å². The summed E-state index contributed by atoms with van der Waals surface area (Å²) in [4.78, 5) is 0. The van der Waals surface area contributed by atoms with Crippen LogP contribution in [0.1, 0.15) is 32.1 Å². The molecule has 1 saturated heterocycles. The van der Waals surface area contributed by atoms with E-state index >= 15 is 0 Å². The normalized spacial score (nSPS) is 20.9. The van der Waals surface area contributed by atoms with Crippen molar-refractivity contribution < 1.29 is 16.8 Å². The molecule has 108 valence electrons. The number of unbranched alkanes of at least 4 members (excludes halogenated alkanes) is 2. The minimum Gasteiger partial charge on any atom is -0.229 e. The van der Waals surface area contributed by atoms with E-state index in [4.69, 9.17) is 11.6 Å². The van der Waals surface area contributed by atoms with Gasteiger partial charge in [-0.05, 0) is 25.7 Å². The van der Waals surface area contributed by atoms with Crippen molar-refractivity contribution in [2.75, 3.05) is 23.9 Å². The number of hydrogen-bond acceptors (Lipinski definition) is 4. The molecule has 1 N–H and O–H groups in total. The molecule has 0 bridgehead atoms. The van der Waals surface area contributed by atoms with Gasteiger partial charge in [0, 0.05) is 12.4 Å². The Morgan fingerprint density at radius 1 is 1.11 bits per heavy atom. The number of alkyl halides is 1. The second kappa shape index (κ2) is 7.07. The highest BCUT2D eigenvalue weighted by Crippen LogP contribution is 2.18. The lowest BCUT2D eigenvalue weighted by Crippen LogP contribution is -2.40. The molecule has 0 spiro atoms. The van der Waals surface area contributed by atoms with Crippen molar-refractivity contribution in [2.24, 2.45) is 0 Å². The minimum absolute atomic E-state index is 0.0230. The fourth-order valence-electron chi connectivity index (χ4n) is 1.91. The highest BCUT2D eigenvalue weighted by Gasteiger charge is 2.32. The Morgan fingerprint density at radius 3 is 2.28 bits per heavy atom. The second-order valence-electron chi connectivity index (χ2n) is 4.54. The van der Waals surface area contributed by atoms with Crippen LogP contribution in [0.5, 0.6) is 0 Å². The minimum atomic E-state index is -3.37. The summed E-state index contributed by atoms with van der Waals surface area (Å²) >= 11 is 5.52. The zero-order chi connectivity index (χ0) is 13.6. The van der Waals surface area contributed by atoms with Crippen molar-refractivity contribution in [3.8, 4) is 0 Å². The van der Waals surface area contributed by atoms with Gasteiger partial charge >= 0.3 is 0 Å². The lowest BCUT2D eigenvalue weighted by Gasteiger charge is -2.22. The van der Waals surface area contributed by atoms with Gasteiger partial charge in [0.25, 0.3) is 0 Å². The van der Waals surface area contributed by atoms with E-state index in [0.717, 1.165) is 19.3 Å². The second-order valence-corrected chi connectivity index (χ2v) is 9.27. The van der Waals surface area contributed by atoms with E-state index in [-0.39, 0.29) is 24.3 Å². The first-order valence-corrected chi connectivity index (χ1v) is 10.0. The molecule has 0 aromatic rings. The third-order valence-corrected chi connectivity index (χ3v) is 6.99. The molecule has 1 fully saturated rings.